The maximum absolute atomic E-state index is 5.97. The molecule has 0 atom stereocenters. The van der Waals surface area contributed by atoms with E-state index in [0.29, 0.717) is 6.61 Å². The Kier molecular flexibility index (Phi) is 5.11. The van der Waals surface area contributed by atoms with Crippen molar-refractivity contribution in [2.45, 2.75) is 6.61 Å². The molecule has 0 bridgehead atoms. The molecule has 0 saturated carbocycles. The summed E-state index contributed by atoms with van der Waals surface area (Å²) in [6.07, 6.45) is 1.79. The van der Waals surface area contributed by atoms with E-state index in [-0.39, 0.29) is 0 Å². The van der Waals surface area contributed by atoms with Gasteiger partial charge >= 0.3 is 0 Å². The molecule has 0 unspecified atom stereocenters. The summed E-state index contributed by atoms with van der Waals surface area (Å²) >= 11 is 0. The molecule has 3 heteroatoms. The van der Waals surface area contributed by atoms with Crippen molar-refractivity contribution in [2.75, 3.05) is 5.43 Å². The van der Waals surface area contributed by atoms with Crippen molar-refractivity contribution in [3.63, 3.8) is 0 Å². The molecule has 0 fully saturated rings. The summed E-state index contributed by atoms with van der Waals surface area (Å²) in [7, 11) is 0. The first-order valence-corrected chi connectivity index (χ1v) is 8.92. The van der Waals surface area contributed by atoms with Crippen molar-refractivity contribution < 1.29 is 4.74 Å². The molecule has 132 valence electrons. The standard InChI is InChI=1S/C24H20N2O/c1-2-10-22(11-3-1)26-25-17-19-13-15-23(16-14-19)27-18-21-9-6-8-20-7-4-5-12-24(20)21/h1-17,26H,18H2/b25-17-. The Morgan fingerprint density at radius 3 is 2.33 bits per heavy atom. The predicted molar refractivity (Wildman–Crippen MR) is 112 cm³/mol. The van der Waals surface area contributed by atoms with Crippen LogP contribution in [0.3, 0.4) is 0 Å². The molecule has 0 amide bonds. The zero-order valence-electron chi connectivity index (χ0n) is 14.9. The molecule has 0 aliphatic rings. The van der Waals surface area contributed by atoms with E-state index in [2.05, 4.69) is 53.0 Å². The number of nitrogens with zero attached hydrogens (tertiary/aromatic N) is 1. The van der Waals surface area contributed by atoms with E-state index >= 15 is 0 Å². The lowest BCUT2D eigenvalue weighted by Gasteiger charge is -2.09. The first-order valence-electron chi connectivity index (χ1n) is 8.92. The lowest BCUT2D eigenvalue weighted by Crippen LogP contribution is -1.96. The third kappa shape index (κ3) is 4.33. The van der Waals surface area contributed by atoms with E-state index in [1.54, 1.807) is 6.21 Å². The molecular weight excluding hydrogens is 332 g/mol. The molecular formula is C24H20N2O. The number of rotatable bonds is 6. The smallest absolute Gasteiger partial charge is 0.119 e. The molecule has 4 aromatic rings. The fraction of sp³-hybridized carbons (Fsp3) is 0.0417. The molecule has 4 aromatic carbocycles. The van der Waals surface area contributed by atoms with Crippen LogP contribution in [0.25, 0.3) is 10.8 Å². The minimum Gasteiger partial charge on any atom is -0.489 e. The fourth-order valence-corrected chi connectivity index (χ4v) is 2.92. The summed E-state index contributed by atoms with van der Waals surface area (Å²) in [6.45, 7) is 0.546. The van der Waals surface area contributed by atoms with Crippen molar-refractivity contribution >= 4 is 22.7 Å². The number of anilines is 1. The van der Waals surface area contributed by atoms with Crippen LogP contribution in [-0.2, 0) is 6.61 Å². The Bertz CT molecular complexity index is 1040. The van der Waals surface area contributed by atoms with Gasteiger partial charge in [-0.15, -0.1) is 0 Å². The van der Waals surface area contributed by atoms with Gasteiger partial charge in [0.15, 0.2) is 0 Å². The summed E-state index contributed by atoms with van der Waals surface area (Å²) in [4.78, 5) is 0. The van der Waals surface area contributed by atoms with Gasteiger partial charge in [0, 0.05) is 0 Å². The highest BCUT2D eigenvalue weighted by Crippen LogP contribution is 2.21. The Morgan fingerprint density at radius 1 is 0.741 bits per heavy atom. The maximum atomic E-state index is 5.97. The number of hydrogen-bond acceptors (Lipinski definition) is 3. The molecule has 0 spiro atoms. The largest absolute Gasteiger partial charge is 0.489 e. The summed E-state index contributed by atoms with van der Waals surface area (Å²) < 4.78 is 5.97. The normalized spacial score (nSPS) is 11.0. The van der Waals surface area contributed by atoms with Crippen molar-refractivity contribution in [2.24, 2.45) is 5.10 Å². The maximum Gasteiger partial charge on any atom is 0.119 e. The average Bonchev–Trinajstić information content (AvgIpc) is 2.74. The Hall–Kier alpha value is -3.59. The van der Waals surface area contributed by atoms with Crippen LogP contribution >= 0.6 is 0 Å². The number of fused-ring (bicyclic) bond motifs is 1. The Morgan fingerprint density at radius 2 is 1.48 bits per heavy atom. The summed E-state index contributed by atoms with van der Waals surface area (Å²) in [5.74, 6) is 0.844. The molecule has 0 aliphatic heterocycles. The van der Waals surface area contributed by atoms with Crippen LogP contribution in [0.4, 0.5) is 5.69 Å². The van der Waals surface area contributed by atoms with Crippen LogP contribution < -0.4 is 10.2 Å². The molecule has 0 aromatic heterocycles. The quantitative estimate of drug-likeness (QED) is 0.348. The van der Waals surface area contributed by atoms with Crippen LogP contribution in [-0.4, -0.2) is 6.21 Å². The highest BCUT2D eigenvalue weighted by Gasteiger charge is 2.01. The fourth-order valence-electron chi connectivity index (χ4n) is 2.92. The highest BCUT2D eigenvalue weighted by molar-refractivity contribution is 5.85. The second-order valence-electron chi connectivity index (χ2n) is 6.23. The number of ether oxygens (including phenoxy) is 1. The Balaban J connectivity index is 1.38. The molecule has 27 heavy (non-hydrogen) atoms. The summed E-state index contributed by atoms with van der Waals surface area (Å²) in [6, 6.07) is 32.5. The van der Waals surface area contributed by atoms with Gasteiger partial charge in [0.25, 0.3) is 0 Å². The third-order valence-corrected chi connectivity index (χ3v) is 4.34. The van der Waals surface area contributed by atoms with Gasteiger partial charge in [-0.1, -0.05) is 60.7 Å². The molecule has 1 N–H and O–H groups in total. The average molecular weight is 352 g/mol. The van der Waals surface area contributed by atoms with Gasteiger partial charge in [0.1, 0.15) is 12.4 Å². The van der Waals surface area contributed by atoms with Crippen molar-refractivity contribution in [3.05, 3.63) is 108 Å². The van der Waals surface area contributed by atoms with Crippen molar-refractivity contribution in [3.8, 4) is 5.75 Å². The van der Waals surface area contributed by atoms with E-state index in [1.807, 2.05) is 54.6 Å². The van der Waals surface area contributed by atoms with Gasteiger partial charge in [0.2, 0.25) is 0 Å². The lowest BCUT2D eigenvalue weighted by molar-refractivity contribution is 0.307. The van der Waals surface area contributed by atoms with Crippen LogP contribution in [0.2, 0.25) is 0 Å². The van der Waals surface area contributed by atoms with E-state index in [9.17, 15) is 0 Å². The van der Waals surface area contributed by atoms with Gasteiger partial charge in [0.05, 0.1) is 11.9 Å². The third-order valence-electron chi connectivity index (χ3n) is 4.34. The van der Waals surface area contributed by atoms with E-state index in [4.69, 9.17) is 4.74 Å². The van der Waals surface area contributed by atoms with Crippen LogP contribution in [0.15, 0.2) is 102 Å². The molecule has 0 heterocycles. The zero-order valence-corrected chi connectivity index (χ0v) is 14.9. The highest BCUT2D eigenvalue weighted by atomic mass is 16.5. The first kappa shape index (κ1) is 16.9. The van der Waals surface area contributed by atoms with Crippen LogP contribution in [0.5, 0.6) is 5.75 Å². The van der Waals surface area contributed by atoms with Crippen LogP contribution in [0.1, 0.15) is 11.1 Å². The minimum absolute atomic E-state index is 0.546. The van der Waals surface area contributed by atoms with Gasteiger partial charge in [-0.3, -0.25) is 5.43 Å². The Labute approximate surface area is 158 Å². The van der Waals surface area contributed by atoms with E-state index in [1.165, 1.54) is 16.3 Å². The molecule has 0 radical (unpaired) electrons. The number of hydrogen-bond donors (Lipinski definition) is 1. The second-order valence-corrected chi connectivity index (χ2v) is 6.23. The second kappa shape index (κ2) is 8.19. The number of nitrogens with one attached hydrogen (secondary N) is 1. The topological polar surface area (TPSA) is 33.6 Å². The predicted octanol–water partition coefficient (Wildman–Crippen LogP) is 5.86. The molecule has 0 aliphatic carbocycles. The molecule has 0 saturated heterocycles. The van der Waals surface area contributed by atoms with Crippen molar-refractivity contribution in [1.29, 1.82) is 0 Å². The summed E-state index contributed by atoms with van der Waals surface area (Å²) in [5.41, 5.74) is 6.17. The van der Waals surface area contributed by atoms with E-state index in [0.717, 1.165) is 17.0 Å². The zero-order chi connectivity index (χ0) is 18.3. The van der Waals surface area contributed by atoms with Crippen LogP contribution in [0, 0.1) is 0 Å². The SMILES string of the molecule is C(=N/Nc1ccccc1)/c1ccc(OCc2cccc3ccccc23)cc1. The summed E-state index contributed by atoms with van der Waals surface area (Å²) in [5, 5.41) is 6.72. The molecule has 3 nitrogen and oxygen atoms in total. The minimum atomic E-state index is 0.546. The van der Waals surface area contributed by atoms with Gasteiger partial charge in [-0.05, 0) is 58.3 Å². The number of hydrazone groups is 1. The van der Waals surface area contributed by atoms with Gasteiger partial charge < -0.3 is 4.74 Å². The van der Waals surface area contributed by atoms with Crippen molar-refractivity contribution in [1.82, 2.24) is 0 Å². The monoisotopic (exact) mass is 352 g/mol. The van der Waals surface area contributed by atoms with E-state index < -0.39 is 0 Å². The number of para-hydroxylation sites is 1. The number of benzene rings is 4. The first-order chi connectivity index (χ1) is 13.4. The van der Waals surface area contributed by atoms with Gasteiger partial charge in [-0.2, -0.15) is 5.10 Å². The van der Waals surface area contributed by atoms with Gasteiger partial charge in [-0.25, -0.2) is 0 Å². The molecule has 4 rings (SSSR count). The lowest BCUT2D eigenvalue weighted by atomic mass is 10.1.